The summed E-state index contributed by atoms with van der Waals surface area (Å²) in [5.74, 6) is -0.931. The highest BCUT2D eigenvalue weighted by Crippen LogP contribution is 2.38. The van der Waals surface area contributed by atoms with Crippen LogP contribution in [0.1, 0.15) is 142 Å². The van der Waals surface area contributed by atoms with Gasteiger partial charge in [0.05, 0.1) is 27.7 Å². The van der Waals surface area contributed by atoms with Crippen LogP contribution in [0.3, 0.4) is 0 Å². The molecule has 0 amide bonds. The Balaban J connectivity index is 4.51. The number of phosphoric ester groups is 1. The van der Waals surface area contributed by atoms with Gasteiger partial charge in [0.15, 0.2) is 6.10 Å². The molecule has 10 heteroatoms. The van der Waals surface area contributed by atoms with Crippen molar-refractivity contribution in [2.75, 3.05) is 47.5 Å². The number of rotatable bonds is 38. The molecule has 0 aliphatic carbocycles. The van der Waals surface area contributed by atoms with E-state index in [1.807, 2.05) is 21.1 Å². The van der Waals surface area contributed by atoms with Crippen molar-refractivity contribution in [3.8, 4) is 0 Å². The Morgan fingerprint density at radius 3 is 1.47 bits per heavy atom. The highest BCUT2D eigenvalue weighted by molar-refractivity contribution is 7.45. The van der Waals surface area contributed by atoms with Crippen LogP contribution in [0.5, 0.6) is 0 Å². The van der Waals surface area contributed by atoms with Crippen molar-refractivity contribution in [1.82, 2.24) is 0 Å². The monoisotopic (exact) mass is 830 g/mol. The lowest BCUT2D eigenvalue weighted by atomic mass is 10.1. The lowest BCUT2D eigenvalue weighted by Gasteiger charge is -2.28. The molecule has 0 saturated carbocycles. The van der Waals surface area contributed by atoms with Crippen LogP contribution in [-0.4, -0.2) is 70.0 Å². The van der Waals surface area contributed by atoms with E-state index in [2.05, 4.69) is 111 Å². The van der Waals surface area contributed by atoms with E-state index in [0.717, 1.165) is 77.0 Å². The number of nitrogens with zero attached hydrogens (tertiary/aromatic N) is 1. The minimum atomic E-state index is -4.65. The predicted octanol–water partition coefficient (Wildman–Crippen LogP) is 11.9. The molecule has 0 aromatic heterocycles. The third-order valence-electron chi connectivity index (χ3n) is 8.59. The van der Waals surface area contributed by atoms with Gasteiger partial charge in [-0.1, -0.05) is 130 Å². The molecule has 2 atom stereocenters. The summed E-state index contributed by atoms with van der Waals surface area (Å²) in [5, 5.41) is 0. The quantitative estimate of drug-likeness (QED) is 0.0199. The molecule has 0 N–H and O–H groups in total. The molecule has 0 heterocycles. The Labute approximate surface area is 353 Å². The van der Waals surface area contributed by atoms with E-state index < -0.39 is 32.5 Å². The number of carbonyl (C=O) groups excluding carboxylic acids is 2. The SMILES string of the molecule is CC/C=C/C/C=C/C/C=C/C/C=C/CCCCC(=O)O[C@H](COC(=O)CCCCC/C=C/C/C=C/C/C=C/C/C=C/CCCCC)COP(=O)([O-])OCC[N+](C)(C)C. The minimum absolute atomic E-state index is 0.0502. The third-order valence-corrected chi connectivity index (χ3v) is 9.55. The zero-order valence-electron chi connectivity index (χ0n) is 36.9. The molecular weight excluding hydrogens is 750 g/mol. The molecule has 0 bridgehead atoms. The van der Waals surface area contributed by atoms with Crippen molar-refractivity contribution in [2.24, 2.45) is 0 Å². The number of hydrogen-bond donors (Lipinski definition) is 0. The van der Waals surface area contributed by atoms with E-state index >= 15 is 0 Å². The molecule has 0 radical (unpaired) electrons. The molecule has 9 nitrogen and oxygen atoms in total. The first-order chi connectivity index (χ1) is 28.0. The Hall–Kier alpha value is -3.07. The summed E-state index contributed by atoms with van der Waals surface area (Å²) in [4.78, 5) is 37.5. The lowest BCUT2D eigenvalue weighted by Crippen LogP contribution is -2.37. The average molecular weight is 830 g/mol. The Morgan fingerprint density at radius 2 is 0.983 bits per heavy atom. The Kier molecular flexibility index (Phi) is 37.3. The molecule has 58 heavy (non-hydrogen) atoms. The highest BCUT2D eigenvalue weighted by atomic mass is 31.2. The number of hydrogen-bond acceptors (Lipinski definition) is 8. The number of quaternary nitrogens is 1. The summed E-state index contributed by atoms with van der Waals surface area (Å²) in [6.07, 6.45) is 51.5. The Bertz CT molecular complexity index is 1300. The molecule has 0 aliphatic heterocycles. The second-order valence-electron chi connectivity index (χ2n) is 15.3. The fourth-order valence-electron chi connectivity index (χ4n) is 5.16. The maximum absolute atomic E-state index is 12.7. The smallest absolute Gasteiger partial charge is 0.306 e. The van der Waals surface area contributed by atoms with Crippen LogP contribution in [0.4, 0.5) is 0 Å². The van der Waals surface area contributed by atoms with Crippen molar-refractivity contribution < 1.29 is 42.1 Å². The van der Waals surface area contributed by atoms with Gasteiger partial charge in [-0.2, -0.15) is 0 Å². The van der Waals surface area contributed by atoms with Crippen molar-refractivity contribution in [3.63, 3.8) is 0 Å². The molecule has 0 aliphatic rings. The number of likely N-dealkylation sites (N-methyl/N-ethyl adjacent to an activating group) is 1. The van der Waals surface area contributed by atoms with E-state index in [9.17, 15) is 19.0 Å². The first kappa shape index (κ1) is 54.9. The number of esters is 2. The standard InChI is InChI=1S/C48H80NO8P/c1-6-8-10-12-14-16-18-20-22-23-24-25-27-28-30-32-34-36-38-40-47(50)54-44-46(45-56-58(52,53)55-43-42-49(3,4)5)57-48(51)41-39-37-35-33-31-29-26-21-19-17-15-13-11-9-7-2/h9,11,14-17,20-22,24-26,28,30-31,33,46H,6-8,10,12-13,18-19,23,27,29,32,34-45H2,1-5H3/b11-9+,16-14+,17-15+,22-20+,25-24+,26-21+,30-28+,33-31+/t46-/m1/s1. The topological polar surface area (TPSA) is 111 Å². The normalized spacial score (nSPS) is 14.5. The van der Waals surface area contributed by atoms with Gasteiger partial charge in [0.2, 0.25) is 0 Å². The zero-order chi connectivity index (χ0) is 42.8. The van der Waals surface area contributed by atoms with Gasteiger partial charge in [-0.15, -0.1) is 0 Å². The molecule has 0 fully saturated rings. The van der Waals surface area contributed by atoms with Gasteiger partial charge in [-0.3, -0.25) is 14.2 Å². The molecule has 0 aromatic carbocycles. The van der Waals surface area contributed by atoms with Crippen molar-refractivity contribution in [2.45, 2.75) is 148 Å². The average Bonchev–Trinajstić information content (AvgIpc) is 3.17. The molecule has 0 rings (SSSR count). The fourth-order valence-corrected chi connectivity index (χ4v) is 5.88. The van der Waals surface area contributed by atoms with Gasteiger partial charge in [-0.25, -0.2) is 0 Å². The first-order valence-corrected chi connectivity index (χ1v) is 23.4. The molecule has 330 valence electrons. The van der Waals surface area contributed by atoms with Crippen LogP contribution in [0.2, 0.25) is 0 Å². The van der Waals surface area contributed by atoms with Crippen LogP contribution in [0.15, 0.2) is 97.2 Å². The maximum Gasteiger partial charge on any atom is 0.306 e. The number of phosphoric acid groups is 1. The molecule has 0 saturated heterocycles. The van der Waals surface area contributed by atoms with Crippen LogP contribution in [-0.2, 0) is 32.7 Å². The predicted molar refractivity (Wildman–Crippen MR) is 240 cm³/mol. The van der Waals surface area contributed by atoms with Gasteiger partial charge in [-0.05, 0) is 96.3 Å². The fraction of sp³-hybridized carbons (Fsp3) is 0.625. The molecule has 0 aromatic rings. The molecule has 0 spiro atoms. The van der Waals surface area contributed by atoms with Gasteiger partial charge in [0, 0.05) is 12.8 Å². The van der Waals surface area contributed by atoms with E-state index in [4.69, 9.17) is 18.5 Å². The van der Waals surface area contributed by atoms with E-state index in [1.165, 1.54) is 25.7 Å². The summed E-state index contributed by atoms with van der Waals surface area (Å²) >= 11 is 0. The first-order valence-electron chi connectivity index (χ1n) is 21.9. The van der Waals surface area contributed by atoms with Crippen LogP contribution in [0, 0.1) is 0 Å². The largest absolute Gasteiger partial charge is 0.756 e. The van der Waals surface area contributed by atoms with Crippen molar-refractivity contribution in [1.29, 1.82) is 0 Å². The maximum atomic E-state index is 12.7. The second kappa shape index (κ2) is 39.4. The summed E-state index contributed by atoms with van der Waals surface area (Å²) < 4.78 is 33.8. The Morgan fingerprint density at radius 1 is 0.552 bits per heavy atom. The van der Waals surface area contributed by atoms with E-state index in [-0.39, 0.29) is 26.1 Å². The highest BCUT2D eigenvalue weighted by Gasteiger charge is 2.21. The number of allylic oxidation sites excluding steroid dienone is 16. The summed E-state index contributed by atoms with van der Waals surface area (Å²) in [6, 6.07) is 0. The summed E-state index contributed by atoms with van der Waals surface area (Å²) in [5.41, 5.74) is 0. The van der Waals surface area contributed by atoms with Gasteiger partial charge >= 0.3 is 11.9 Å². The van der Waals surface area contributed by atoms with E-state index in [1.54, 1.807) is 0 Å². The number of unbranched alkanes of at least 4 members (excludes halogenated alkanes) is 8. The van der Waals surface area contributed by atoms with Gasteiger partial charge < -0.3 is 27.9 Å². The second-order valence-corrected chi connectivity index (χ2v) is 16.7. The molecular formula is C48H80NO8P. The molecule has 1 unspecified atom stereocenters. The summed E-state index contributed by atoms with van der Waals surface area (Å²) in [7, 11) is 1.10. The van der Waals surface area contributed by atoms with Crippen LogP contribution < -0.4 is 4.89 Å². The van der Waals surface area contributed by atoms with Crippen molar-refractivity contribution in [3.05, 3.63) is 97.2 Å². The number of ether oxygens (including phenoxy) is 2. The zero-order valence-corrected chi connectivity index (χ0v) is 37.8. The lowest BCUT2D eigenvalue weighted by molar-refractivity contribution is -0.870. The van der Waals surface area contributed by atoms with Crippen LogP contribution >= 0.6 is 7.82 Å². The van der Waals surface area contributed by atoms with E-state index in [0.29, 0.717) is 23.9 Å². The third kappa shape index (κ3) is 42.5. The van der Waals surface area contributed by atoms with Crippen molar-refractivity contribution >= 4 is 19.8 Å². The summed E-state index contributed by atoms with van der Waals surface area (Å²) in [6.45, 7) is 3.96. The minimum Gasteiger partial charge on any atom is -0.756 e. The van der Waals surface area contributed by atoms with Gasteiger partial charge in [0.1, 0.15) is 19.8 Å². The number of carbonyl (C=O) groups is 2. The van der Waals surface area contributed by atoms with Crippen LogP contribution in [0.25, 0.3) is 0 Å². The van der Waals surface area contributed by atoms with Gasteiger partial charge in [0.25, 0.3) is 7.82 Å².